The third-order valence-corrected chi connectivity index (χ3v) is 3.50. The van der Waals surface area contributed by atoms with E-state index >= 15 is 0 Å². The van der Waals surface area contributed by atoms with Crippen LogP contribution in [0.15, 0.2) is 22.7 Å². The highest BCUT2D eigenvalue weighted by Gasteiger charge is 2.15. The molecule has 0 spiro atoms. The molecule has 0 bridgehead atoms. The van der Waals surface area contributed by atoms with E-state index in [1.54, 1.807) is 0 Å². The zero-order valence-electron chi connectivity index (χ0n) is 7.89. The number of rotatable bonds is 2. The maximum Gasteiger partial charge on any atom is 0.0439 e. The molecule has 1 N–H and O–H groups in total. The van der Waals surface area contributed by atoms with Gasteiger partial charge in [-0.25, -0.2) is 0 Å². The minimum atomic E-state index is 0.613. The summed E-state index contributed by atoms with van der Waals surface area (Å²) in [5, 5.41) is 4.35. The fraction of sp³-hybridized carbons (Fsp3) is 0.455. The maximum atomic E-state index is 6.13. The molecule has 2 rings (SSSR count). The Morgan fingerprint density at radius 3 is 3.07 bits per heavy atom. The second-order valence-electron chi connectivity index (χ2n) is 3.73. The maximum absolute atomic E-state index is 6.13. The van der Waals surface area contributed by atoms with E-state index < -0.39 is 0 Å². The van der Waals surface area contributed by atoms with Crippen LogP contribution < -0.4 is 5.32 Å². The molecule has 0 aliphatic carbocycles. The van der Waals surface area contributed by atoms with Crippen molar-refractivity contribution < 1.29 is 0 Å². The average molecular weight is 275 g/mol. The van der Waals surface area contributed by atoms with Gasteiger partial charge in [0.2, 0.25) is 0 Å². The van der Waals surface area contributed by atoms with Crippen molar-refractivity contribution in [3.8, 4) is 0 Å². The van der Waals surface area contributed by atoms with Crippen LogP contribution >= 0.6 is 27.5 Å². The summed E-state index contributed by atoms with van der Waals surface area (Å²) in [6.45, 7) is 1.15. The zero-order chi connectivity index (χ0) is 9.97. The molecule has 3 heteroatoms. The van der Waals surface area contributed by atoms with Crippen LogP contribution in [-0.2, 0) is 6.42 Å². The summed E-state index contributed by atoms with van der Waals surface area (Å²) in [5.74, 6) is 0. The third-order valence-electron chi connectivity index (χ3n) is 2.64. The minimum Gasteiger partial charge on any atom is -0.314 e. The van der Waals surface area contributed by atoms with Crippen LogP contribution in [0.3, 0.4) is 0 Å². The lowest BCUT2D eigenvalue weighted by molar-refractivity contribution is 0.603. The number of halogens is 2. The molecule has 0 radical (unpaired) electrons. The summed E-state index contributed by atoms with van der Waals surface area (Å²) in [7, 11) is 0. The Morgan fingerprint density at radius 2 is 2.36 bits per heavy atom. The quantitative estimate of drug-likeness (QED) is 0.871. The molecule has 76 valence electrons. The van der Waals surface area contributed by atoms with Gasteiger partial charge in [-0.05, 0) is 49.6 Å². The van der Waals surface area contributed by atoms with E-state index in [-0.39, 0.29) is 0 Å². The van der Waals surface area contributed by atoms with Gasteiger partial charge in [0.25, 0.3) is 0 Å². The Bertz CT molecular complexity index is 321. The average Bonchev–Trinajstić information content (AvgIpc) is 2.64. The van der Waals surface area contributed by atoms with E-state index in [9.17, 15) is 0 Å². The number of hydrogen-bond acceptors (Lipinski definition) is 1. The molecule has 0 saturated carbocycles. The van der Waals surface area contributed by atoms with Crippen molar-refractivity contribution >= 4 is 27.5 Å². The summed E-state index contributed by atoms with van der Waals surface area (Å²) in [6.07, 6.45) is 3.59. The predicted molar refractivity (Wildman–Crippen MR) is 63.9 cm³/mol. The Morgan fingerprint density at radius 1 is 1.50 bits per heavy atom. The fourth-order valence-electron chi connectivity index (χ4n) is 1.90. The molecule has 1 saturated heterocycles. The molecule has 1 atom stereocenters. The molecule has 1 aromatic carbocycles. The predicted octanol–water partition coefficient (Wildman–Crippen LogP) is 3.40. The van der Waals surface area contributed by atoms with E-state index in [0.717, 1.165) is 22.5 Å². The number of benzene rings is 1. The second kappa shape index (κ2) is 4.65. The molecule has 0 aromatic heterocycles. The van der Waals surface area contributed by atoms with Gasteiger partial charge in [0.15, 0.2) is 0 Å². The summed E-state index contributed by atoms with van der Waals surface area (Å²) < 4.78 is 1.11. The molecule has 0 amide bonds. The zero-order valence-corrected chi connectivity index (χ0v) is 10.2. The molecule has 1 aliphatic rings. The van der Waals surface area contributed by atoms with Gasteiger partial charge in [-0.3, -0.25) is 0 Å². The fourth-order valence-corrected chi connectivity index (χ4v) is 2.50. The molecular weight excluding hydrogens is 261 g/mol. The van der Waals surface area contributed by atoms with Crippen LogP contribution in [0.1, 0.15) is 18.4 Å². The first kappa shape index (κ1) is 10.5. The summed E-state index contributed by atoms with van der Waals surface area (Å²) in [5.41, 5.74) is 1.24. The lowest BCUT2D eigenvalue weighted by Gasteiger charge is -2.11. The lowest BCUT2D eigenvalue weighted by Crippen LogP contribution is -2.23. The Hall–Kier alpha value is -0.0500. The number of hydrogen-bond donors (Lipinski definition) is 1. The minimum absolute atomic E-state index is 0.613. The molecule has 1 unspecified atom stereocenters. The van der Waals surface area contributed by atoms with Gasteiger partial charge in [-0.1, -0.05) is 27.5 Å². The van der Waals surface area contributed by atoms with Gasteiger partial charge in [-0.15, -0.1) is 0 Å². The van der Waals surface area contributed by atoms with Crippen LogP contribution in [0.4, 0.5) is 0 Å². The molecule has 1 heterocycles. The van der Waals surface area contributed by atoms with Crippen LogP contribution in [0, 0.1) is 0 Å². The van der Waals surface area contributed by atoms with Crippen molar-refractivity contribution in [2.45, 2.75) is 25.3 Å². The van der Waals surface area contributed by atoms with Gasteiger partial charge in [0.05, 0.1) is 0 Å². The first-order valence-electron chi connectivity index (χ1n) is 4.93. The molecule has 1 aromatic rings. The van der Waals surface area contributed by atoms with Crippen molar-refractivity contribution in [2.75, 3.05) is 6.54 Å². The third kappa shape index (κ3) is 2.50. The first-order valence-corrected chi connectivity index (χ1v) is 6.10. The monoisotopic (exact) mass is 273 g/mol. The van der Waals surface area contributed by atoms with Crippen LogP contribution in [0.2, 0.25) is 5.02 Å². The van der Waals surface area contributed by atoms with E-state index in [4.69, 9.17) is 11.6 Å². The standard InChI is InChI=1S/C11H13BrClN/c12-9-3-4-11(13)8(6-9)7-10-2-1-5-14-10/h3-4,6,10,14H,1-2,5,7H2. The highest BCUT2D eigenvalue weighted by molar-refractivity contribution is 9.10. The second-order valence-corrected chi connectivity index (χ2v) is 5.06. The van der Waals surface area contributed by atoms with Crippen molar-refractivity contribution in [3.63, 3.8) is 0 Å². The van der Waals surface area contributed by atoms with Gasteiger partial charge in [-0.2, -0.15) is 0 Å². The Balaban J connectivity index is 2.10. The van der Waals surface area contributed by atoms with Crippen molar-refractivity contribution in [3.05, 3.63) is 33.3 Å². The van der Waals surface area contributed by atoms with Crippen LogP contribution in [0.5, 0.6) is 0 Å². The van der Waals surface area contributed by atoms with Crippen LogP contribution in [0.25, 0.3) is 0 Å². The molecule has 1 nitrogen and oxygen atoms in total. The van der Waals surface area contributed by atoms with Crippen molar-refractivity contribution in [1.29, 1.82) is 0 Å². The van der Waals surface area contributed by atoms with Crippen molar-refractivity contribution in [2.24, 2.45) is 0 Å². The molecular formula is C11H13BrClN. The van der Waals surface area contributed by atoms with E-state index in [1.165, 1.54) is 18.4 Å². The van der Waals surface area contributed by atoms with E-state index in [0.29, 0.717) is 6.04 Å². The van der Waals surface area contributed by atoms with Crippen LogP contribution in [-0.4, -0.2) is 12.6 Å². The van der Waals surface area contributed by atoms with Gasteiger partial charge >= 0.3 is 0 Å². The normalized spacial score (nSPS) is 21.4. The molecule has 14 heavy (non-hydrogen) atoms. The van der Waals surface area contributed by atoms with E-state index in [2.05, 4.69) is 27.3 Å². The highest BCUT2D eigenvalue weighted by Crippen LogP contribution is 2.23. The number of nitrogens with one attached hydrogen (secondary N) is 1. The van der Waals surface area contributed by atoms with Crippen molar-refractivity contribution in [1.82, 2.24) is 5.32 Å². The molecule has 1 aliphatic heterocycles. The summed E-state index contributed by atoms with van der Waals surface area (Å²) in [6, 6.07) is 6.66. The Labute approximate surface area is 98.0 Å². The summed E-state index contributed by atoms with van der Waals surface area (Å²) in [4.78, 5) is 0. The largest absolute Gasteiger partial charge is 0.314 e. The lowest BCUT2D eigenvalue weighted by atomic mass is 10.0. The SMILES string of the molecule is Clc1ccc(Br)cc1CC1CCCN1. The highest BCUT2D eigenvalue weighted by atomic mass is 79.9. The van der Waals surface area contributed by atoms with Gasteiger partial charge in [0, 0.05) is 15.5 Å². The van der Waals surface area contributed by atoms with E-state index in [1.807, 2.05) is 12.1 Å². The van der Waals surface area contributed by atoms with Gasteiger partial charge < -0.3 is 5.32 Å². The Kier molecular flexibility index (Phi) is 3.47. The topological polar surface area (TPSA) is 12.0 Å². The summed E-state index contributed by atoms with van der Waals surface area (Å²) >= 11 is 9.59. The van der Waals surface area contributed by atoms with Gasteiger partial charge in [0.1, 0.15) is 0 Å². The molecule has 1 fully saturated rings. The first-order chi connectivity index (χ1) is 6.75. The smallest absolute Gasteiger partial charge is 0.0439 e.